The third-order valence-electron chi connectivity index (χ3n) is 2.24. The van der Waals surface area contributed by atoms with Crippen LogP contribution in [0.4, 0.5) is 18.9 Å². The molecule has 0 aliphatic heterocycles. The first-order valence-corrected chi connectivity index (χ1v) is 8.15. The highest BCUT2D eigenvalue weighted by molar-refractivity contribution is 9.10. The van der Waals surface area contributed by atoms with Crippen molar-refractivity contribution >= 4 is 31.5 Å². The van der Waals surface area contributed by atoms with E-state index in [9.17, 15) is 21.6 Å². The van der Waals surface area contributed by atoms with E-state index in [2.05, 4.69) is 21.2 Å². The van der Waals surface area contributed by atoms with Gasteiger partial charge in [-0.05, 0) is 25.1 Å². The molecule has 0 amide bonds. The Labute approximate surface area is 118 Å². The molecule has 8 heteroatoms. The topological polar surface area (TPSA) is 46.2 Å². The van der Waals surface area contributed by atoms with Crippen molar-refractivity contribution in [2.45, 2.75) is 19.1 Å². The summed E-state index contributed by atoms with van der Waals surface area (Å²) in [7, 11) is -3.18. The number of benzene rings is 1. The number of hydrogen-bond acceptors (Lipinski definition) is 3. The molecule has 0 saturated heterocycles. The van der Waals surface area contributed by atoms with Crippen LogP contribution in [0.1, 0.15) is 12.5 Å². The van der Waals surface area contributed by atoms with Gasteiger partial charge >= 0.3 is 6.18 Å². The number of rotatable bonds is 4. The molecular formula is C11H13BrF3NO2S. The van der Waals surface area contributed by atoms with Crippen molar-refractivity contribution in [1.29, 1.82) is 0 Å². The Balaban J connectivity index is 2.92. The lowest BCUT2D eigenvalue weighted by molar-refractivity contribution is -0.138. The van der Waals surface area contributed by atoms with E-state index in [0.717, 1.165) is 12.3 Å². The van der Waals surface area contributed by atoms with Crippen LogP contribution in [-0.4, -0.2) is 26.5 Å². The maximum atomic E-state index is 12.7. The van der Waals surface area contributed by atoms with Crippen LogP contribution in [0.5, 0.6) is 0 Å². The molecule has 0 aromatic heterocycles. The molecule has 1 aromatic rings. The maximum Gasteiger partial charge on any atom is 0.417 e. The van der Waals surface area contributed by atoms with Crippen molar-refractivity contribution in [3.63, 3.8) is 0 Å². The third-order valence-corrected chi connectivity index (χ3v) is 4.03. The normalized spacial score (nSPS) is 14.2. The van der Waals surface area contributed by atoms with E-state index >= 15 is 0 Å². The summed E-state index contributed by atoms with van der Waals surface area (Å²) in [6.45, 7) is 1.59. The lowest BCUT2D eigenvalue weighted by Gasteiger charge is -2.16. The standard InChI is InChI=1S/C11H13BrF3NO2S/c1-7(6-19(2,17)18)16-8-3-4-10(12)9(5-8)11(13,14)15/h3-5,7,16H,6H2,1-2H3. The van der Waals surface area contributed by atoms with Crippen LogP contribution >= 0.6 is 15.9 Å². The van der Waals surface area contributed by atoms with E-state index in [0.29, 0.717) is 0 Å². The summed E-state index contributed by atoms with van der Waals surface area (Å²) >= 11 is 2.84. The highest BCUT2D eigenvalue weighted by Gasteiger charge is 2.33. The van der Waals surface area contributed by atoms with Crippen LogP contribution in [0.3, 0.4) is 0 Å². The SMILES string of the molecule is CC(CS(C)(=O)=O)Nc1ccc(Br)c(C(F)(F)F)c1. The number of nitrogens with one attached hydrogen (secondary N) is 1. The number of sulfone groups is 1. The molecule has 0 radical (unpaired) electrons. The Morgan fingerprint density at radius 3 is 2.42 bits per heavy atom. The van der Waals surface area contributed by atoms with E-state index in [1.165, 1.54) is 12.1 Å². The predicted octanol–water partition coefficient (Wildman–Crippen LogP) is 3.31. The molecule has 0 saturated carbocycles. The summed E-state index contributed by atoms with van der Waals surface area (Å²) in [5, 5.41) is 2.74. The van der Waals surface area contributed by atoms with Gasteiger partial charge in [0, 0.05) is 22.5 Å². The molecule has 1 atom stereocenters. The second-order valence-electron chi connectivity index (χ2n) is 4.33. The first-order chi connectivity index (χ1) is 8.49. The number of anilines is 1. The van der Waals surface area contributed by atoms with Crippen LogP contribution in [0, 0.1) is 0 Å². The molecule has 108 valence electrons. The van der Waals surface area contributed by atoms with Gasteiger partial charge in [-0.3, -0.25) is 0 Å². The van der Waals surface area contributed by atoms with Crippen molar-refractivity contribution in [2.24, 2.45) is 0 Å². The summed E-state index contributed by atoms with van der Waals surface area (Å²) in [5.74, 6) is -0.148. The average molecular weight is 360 g/mol. The molecule has 3 nitrogen and oxygen atoms in total. The van der Waals surface area contributed by atoms with E-state index in [-0.39, 0.29) is 15.9 Å². The van der Waals surface area contributed by atoms with Crippen LogP contribution in [0.2, 0.25) is 0 Å². The molecular weight excluding hydrogens is 347 g/mol. The lowest BCUT2D eigenvalue weighted by atomic mass is 10.2. The van der Waals surface area contributed by atoms with Gasteiger partial charge in [-0.15, -0.1) is 0 Å². The van der Waals surface area contributed by atoms with Crippen molar-refractivity contribution < 1.29 is 21.6 Å². The van der Waals surface area contributed by atoms with Crippen molar-refractivity contribution in [3.8, 4) is 0 Å². The molecule has 1 N–H and O–H groups in total. The molecule has 0 aliphatic rings. The smallest absolute Gasteiger partial charge is 0.382 e. The zero-order chi connectivity index (χ0) is 14.8. The fourth-order valence-corrected chi connectivity index (χ4v) is 3.08. The Morgan fingerprint density at radius 2 is 1.95 bits per heavy atom. The Kier molecular flexibility index (Phi) is 4.89. The molecule has 0 aliphatic carbocycles. The fraction of sp³-hybridized carbons (Fsp3) is 0.455. The van der Waals surface area contributed by atoms with E-state index in [1.54, 1.807) is 6.92 Å². The first kappa shape index (κ1) is 16.3. The molecule has 0 bridgehead atoms. The van der Waals surface area contributed by atoms with E-state index < -0.39 is 27.6 Å². The third kappa shape index (κ3) is 5.40. The van der Waals surface area contributed by atoms with Crippen molar-refractivity contribution in [1.82, 2.24) is 0 Å². The summed E-state index contributed by atoms with van der Waals surface area (Å²) in [5.41, 5.74) is -0.573. The number of hydrogen-bond donors (Lipinski definition) is 1. The first-order valence-electron chi connectivity index (χ1n) is 5.30. The van der Waals surface area contributed by atoms with Gasteiger partial charge in [0.1, 0.15) is 9.84 Å². The Morgan fingerprint density at radius 1 is 1.37 bits per heavy atom. The quantitative estimate of drug-likeness (QED) is 0.896. The summed E-state index contributed by atoms with van der Waals surface area (Å²) < 4.78 is 60.2. The fourth-order valence-electron chi connectivity index (χ4n) is 1.61. The van der Waals surface area contributed by atoms with Gasteiger partial charge in [-0.25, -0.2) is 8.42 Å². The second kappa shape index (κ2) is 5.70. The number of halogens is 4. The largest absolute Gasteiger partial charge is 0.417 e. The van der Waals surface area contributed by atoms with Gasteiger partial charge in [0.05, 0.1) is 11.3 Å². The van der Waals surface area contributed by atoms with Gasteiger partial charge in [0.2, 0.25) is 0 Å². The maximum absolute atomic E-state index is 12.7. The highest BCUT2D eigenvalue weighted by atomic mass is 79.9. The van der Waals surface area contributed by atoms with Crippen LogP contribution in [0.25, 0.3) is 0 Å². The van der Waals surface area contributed by atoms with Gasteiger partial charge in [-0.1, -0.05) is 15.9 Å². The zero-order valence-electron chi connectivity index (χ0n) is 10.3. The minimum atomic E-state index is -4.46. The molecule has 0 spiro atoms. The minimum Gasteiger partial charge on any atom is -0.382 e. The van der Waals surface area contributed by atoms with Crippen molar-refractivity contribution in [3.05, 3.63) is 28.2 Å². The van der Waals surface area contributed by atoms with Gasteiger partial charge < -0.3 is 5.32 Å². The minimum absolute atomic E-state index is 0.0543. The lowest BCUT2D eigenvalue weighted by Crippen LogP contribution is -2.25. The van der Waals surface area contributed by atoms with Crippen LogP contribution in [0.15, 0.2) is 22.7 Å². The molecule has 0 heterocycles. The molecule has 1 rings (SSSR count). The molecule has 1 aromatic carbocycles. The summed E-state index contributed by atoms with van der Waals surface area (Å²) in [4.78, 5) is 0. The zero-order valence-corrected chi connectivity index (χ0v) is 12.7. The van der Waals surface area contributed by atoms with Crippen molar-refractivity contribution in [2.75, 3.05) is 17.3 Å². The molecule has 0 fully saturated rings. The van der Waals surface area contributed by atoms with Gasteiger partial charge in [0.15, 0.2) is 0 Å². The van der Waals surface area contributed by atoms with Crippen LogP contribution in [-0.2, 0) is 16.0 Å². The van der Waals surface area contributed by atoms with Gasteiger partial charge in [-0.2, -0.15) is 13.2 Å². The summed E-state index contributed by atoms with van der Waals surface area (Å²) in [6.07, 6.45) is -3.38. The Bertz CT molecular complexity index is 558. The molecule has 19 heavy (non-hydrogen) atoms. The Hall–Kier alpha value is -0.760. The molecule has 1 unspecified atom stereocenters. The second-order valence-corrected chi connectivity index (χ2v) is 7.37. The summed E-state index contributed by atoms with van der Waals surface area (Å²) in [6, 6.07) is 3.21. The highest BCUT2D eigenvalue weighted by Crippen LogP contribution is 2.36. The average Bonchev–Trinajstić information content (AvgIpc) is 2.16. The van der Waals surface area contributed by atoms with Gasteiger partial charge in [0.25, 0.3) is 0 Å². The van der Waals surface area contributed by atoms with E-state index in [4.69, 9.17) is 0 Å². The monoisotopic (exact) mass is 359 g/mol. The van der Waals surface area contributed by atoms with E-state index in [1.807, 2.05) is 0 Å². The predicted molar refractivity (Wildman–Crippen MR) is 71.9 cm³/mol. The number of alkyl halides is 3. The van der Waals surface area contributed by atoms with Crippen LogP contribution < -0.4 is 5.32 Å².